The Bertz CT molecular complexity index is 92.5. The van der Waals surface area contributed by atoms with Crippen LogP contribution in [0.15, 0.2) is 0 Å². The van der Waals surface area contributed by atoms with Crippen molar-refractivity contribution in [2.45, 2.75) is 36.4 Å². The zero-order valence-corrected chi connectivity index (χ0v) is 6.47. The van der Waals surface area contributed by atoms with Crippen molar-refractivity contribution in [2.75, 3.05) is 0 Å². The summed E-state index contributed by atoms with van der Waals surface area (Å²) in [5.41, 5.74) is 0. The van der Waals surface area contributed by atoms with Crippen molar-refractivity contribution in [3.05, 3.63) is 0 Å². The standard InChI is InChI=1S/C6H10Cl2/c1-2-3-6(8)4-5(6)7/h5H,2-4H2,1H3. The quantitative estimate of drug-likeness (QED) is 0.535. The first-order chi connectivity index (χ1) is 3.69. The van der Waals surface area contributed by atoms with Gasteiger partial charge < -0.3 is 0 Å². The molecule has 1 fully saturated rings. The van der Waals surface area contributed by atoms with E-state index in [0.29, 0.717) is 0 Å². The molecule has 1 saturated carbocycles. The Morgan fingerprint density at radius 3 is 2.38 bits per heavy atom. The molecular formula is C6H10Cl2. The van der Waals surface area contributed by atoms with Gasteiger partial charge in [0.15, 0.2) is 0 Å². The summed E-state index contributed by atoms with van der Waals surface area (Å²) in [5, 5.41) is 0.254. The maximum absolute atomic E-state index is 5.96. The maximum Gasteiger partial charge on any atom is 0.0625 e. The van der Waals surface area contributed by atoms with Gasteiger partial charge in [-0.15, -0.1) is 23.2 Å². The maximum atomic E-state index is 5.96. The number of alkyl halides is 2. The molecule has 2 heteroatoms. The Kier molecular flexibility index (Phi) is 1.74. The Hall–Kier alpha value is 0.580. The second kappa shape index (κ2) is 2.07. The fourth-order valence-electron chi connectivity index (χ4n) is 0.913. The van der Waals surface area contributed by atoms with Gasteiger partial charge in [0.25, 0.3) is 0 Å². The Balaban J connectivity index is 2.25. The molecule has 0 nitrogen and oxygen atoms in total. The Morgan fingerprint density at radius 2 is 2.25 bits per heavy atom. The largest absolute Gasteiger partial charge is 0.121 e. The zero-order chi connectivity index (χ0) is 6.20. The Morgan fingerprint density at radius 1 is 1.75 bits per heavy atom. The summed E-state index contributed by atoms with van der Waals surface area (Å²) in [7, 11) is 0. The summed E-state index contributed by atoms with van der Waals surface area (Å²) >= 11 is 11.7. The van der Waals surface area contributed by atoms with E-state index in [4.69, 9.17) is 23.2 Å². The molecule has 1 rings (SSSR count). The second-order valence-corrected chi connectivity index (χ2v) is 3.74. The lowest BCUT2D eigenvalue weighted by Gasteiger charge is -2.00. The lowest BCUT2D eigenvalue weighted by molar-refractivity contribution is 0.740. The minimum atomic E-state index is -0.00367. The third kappa shape index (κ3) is 1.11. The molecule has 0 aromatic carbocycles. The van der Waals surface area contributed by atoms with Crippen LogP contribution >= 0.6 is 23.2 Å². The SMILES string of the molecule is CCCC1(Cl)CC1Cl. The normalized spacial score (nSPS) is 44.6. The highest BCUT2D eigenvalue weighted by atomic mass is 35.5. The first-order valence-corrected chi connectivity index (χ1v) is 3.83. The fourth-order valence-corrected chi connectivity index (χ4v) is 1.72. The van der Waals surface area contributed by atoms with Crippen LogP contribution in [0.5, 0.6) is 0 Å². The van der Waals surface area contributed by atoms with Crippen molar-refractivity contribution in [1.82, 2.24) is 0 Å². The molecule has 1 aliphatic carbocycles. The lowest BCUT2D eigenvalue weighted by atomic mass is 10.2. The van der Waals surface area contributed by atoms with E-state index in [9.17, 15) is 0 Å². The van der Waals surface area contributed by atoms with E-state index in [1.54, 1.807) is 0 Å². The summed E-state index contributed by atoms with van der Waals surface area (Å²) in [6.07, 6.45) is 3.22. The average Bonchev–Trinajstić information content (AvgIpc) is 2.16. The smallest absolute Gasteiger partial charge is 0.0625 e. The third-order valence-corrected chi connectivity index (χ3v) is 2.88. The molecule has 0 saturated heterocycles. The van der Waals surface area contributed by atoms with Crippen LogP contribution in [-0.2, 0) is 0 Å². The first kappa shape index (κ1) is 6.70. The van der Waals surface area contributed by atoms with Crippen LogP contribution in [0.4, 0.5) is 0 Å². The van der Waals surface area contributed by atoms with Crippen LogP contribution in [0.3, 0.4) is 0 Å². The van der Waals surface area contributed by atoms with Crippen LogP contribution in [0.1, 0.15) is 26.2 Å². The molecule has 0 aromatic heterocycles. The number of rotatable bonds is 2. The molecule has 8 heavy (non-hydrogen) atoms. The highest BCUT2D eigenvalue weighted by molar-refractivity contribution is 6.36. The molecule has 0 N–H and O–H groups in total. The molecule has 0 spiro atoms. The van der Waals surface area contributed by atoms with Gasteiger partial charge in [-0.2, -0.15) is 0 Å². The third-order valence-electron chi connectivity index (χ3n) is 1.59. The van der Waals surface area contributed by atoms with E-state index in [0.717, 1.165) is 19.3 Å². The van der Waals surface area contributed by atoms with E-state index in [1.165, 1.54) is 0 Å². The summed E-state index contributed by atoms with van der Waals surface area (Å²) in [6.45, 7) is 2.13. The number of halogens is 2. The summed E-state index contributed by atoms with van der Waals surface area (Å²) in [4.78, 5) is -0.00367. The van der Waals surface area contributed by atoms with Crippen LogP contribution in [0.2, 0.25) is 0 Å². The summed E-state index contributed by atoms with van der Waals surface area (Å²) in [5.74, 6) is 0. The predicted molar refractivity (Wildman–Crippen MR) is 37.8 cm³/mol. The molecular weight excluding hydrogens is 143 g/mol. The van der Waals surface area contributed by atoms with Crippen molar-refractivity contribution in [3.63, 3.8) is 0 Å². The van der Waals surface area contributed by atoms with Crippen molar-refractivity contribution < 1.29 is 0 Å². The zero-order valence-electron chi connectivity index (χ0n) is 4.95. The first-order valence-electron chi connectivity index (χ1n) is 3.02. The predicted octanol–water partition coefficient (Wildman–Crippen LogP) is 2.78. The van der Waals surface area contributed by atoms with Crippen molar-refractivity contribution in [1.29, 1.82) is 0 Å². The monoisotopic (exact) mass is 152 g/mol. The fraction of sp³-hybridized carbons (Fsp3) is 1.00. The molecule has 2 atom stereocenters. The van der Waals surface area contributed by atoms with Gasteiger partial charge in [-0.05, 0) is 12.8 Å². The highest BCUT2D eigenvalue weighted by Gasteiger charge is 2.50. The van der Waals surface area contributed by atoms with E-state index < -0.39 is 0 Å². The summed E-state index contributed by atoms with van der Waals surface area (Å²) in [6, 6.07) is 0. The van der Waals surface area contributed by atoms with Gasteiger partial charge in [-0.3, -0.25) is 0 Å². The van der Waals surface area contributed by atoms with Gasteiger partial charge in [0, 0.05) is 0 Å². The van der Waals surface area contributed by atoms with Crippen LogP contribution < -0.4 is 0 Å². The lowest BCUT2D eigenvalue weighted by Crippen LogP contribution is -1.99. The van der Waals surface area contributed by atoms with Gasteiger partial charge in [0.2, 0.25) is 0 Å². The molecule has 0 heterocycles. The van der Waals surface area contributed by atoms with Crippen molar-refractivity contribution >= 4 is 23.2 Å². The Labute approximate surface area is 60.2 Å². The topological polar surface area (TPSA) is 0 Å². The minimum Gasteiger partial charge on any atom is -0.121 e. The molecule has 2 unspecified atom stereocenters. The number of hydrogen-bond acceptors (Lipinski definition) is 0. The second-order valence-electron chi connectivity index (χ2n) is 2.46. The van der Waals surface area contributed by atoms with Gasteiger partial charge in [-0.25, -0.2) is 0 Å². The molecule has 0 radical (unpaired) electrons. The van der Waals surface area contributed by atoms with Crippen molar-refractivity contribution in [3.8, 4) is 0 Å². The molecule has 0 aromatic rings. The molecule has 1 aliphatic rings. The van der Waals surface area contributed by atoms with E-state index >= 15 is 0 Å². The molecule has 0 aliphatic heterocycles. The molecule has 0 amide bonds. The van der Waals surface area contributed by atoms with Gasteiger partial charge in [0.1, 0.15) is 0 Å². The van der Waals surface area contributed by atoms with Crippen LogP contribution in [0, 0.1) is 0 Å². The van der Waals surface area contributed by atoms with Gasteiger partial charge >= 0.3 is 0 Å². The van der Waals surface area contributed by atoms with Gasteiger partial charge in [-0.1, -0.05) is 13.3 Å². The van der Waals surface area contributed by atoms with Crippen LogP contribution in [-0.4, -0.2) is 10.3 Å². The van der Waals surface area contributed by atoms with Crippen LogP contribution in [0.25, 0.3) is 0 Å². The average molecular weight is 153 g/mol. The van der Waals surface area contributed by atoms with Crippen molar-refractivity contribution in [2.24, 2.45) is 0 Å². The minimum absolute atomic E-state index is 0.00367. The molecule has 48 valence electrons. The molecule has 0 bridgehead atoms. The summed E-state index contributed by atoms with van der Waals surface area (Å²) < 4.78 is 0. The highest BCUT2D eigenvalue weighted by Crippen LogP contribution is 2.50. The van der Waals surface area contributed by atoms with E-state index in [1.807, 2.05) is 0 Å². The van der Waals surface area contributed by atoms with E-state index in [2.05, 4.69) is 6.92 Å². The van der Waals surface area contributed by atoms with Gasteiger partial charge in [0.05, 0.1) is 10.3 Å². The number of hydrogen-bond donors (Lipinski definition) is 0. The van der Waals surface area contributed by atoms with E-state index in [-0.39, 0.29) is 10.3 Å².